The molecule has 1 aliphatic rings. The lowest BCUT2D eigenvalue weighted by atomic mass is 10.0. The molecule has 0 aliphatic carbocycles. The first-order valence-electron chi connectivity index (χ1n) is 5.99. The summed E-state index contributed by atoms with van der Waals surface area (Å²) in [5.74, 6) is 0.139. The Morgan fingerprint density at radius 1 is 1.44 bits per heavy atom. The van der Waals surface area contributed by atoms with Gasteiger partial charge in [0.05, 0.1) is 6.10 Å². The number of carbonyl (C=O) groups excluding carboxylic acids is 1. The zero-order valence-electron chi connectivity index (χ0n) is 9.90. The number of benzene rings is 1. The van der Waals surface area contributed by atoms with Gasteiger partial charge in [0.15, 0.2) is 5.78 Å². The maximum atomic E-state index is 12.1. The van der Waals surface area contributed by atoms with E-state index in [1.165, 1.54) is 5.56 Å². The van der Waals surface area contributed by atoms with Crippen molar-refractivity contribution < 1.29 is 9.53 Å². The van der Waals surface area contributed by atoms with Gasteiger partial charge in [0.1, 0.15) is 6.10 Å². The molecule has 16 heavy (non-hydrogen) atoms. The number of carbonyl (C=O) groups is 1. The average Bonchev–Trinajstić information content (AvgIpc) is 2.75. The van der Waals surface area contributed by atoms with Gasteiger partial charge in [0, 0.05) is 5.56 Å². The van der Waals surface area contributed by atoms with Crippen molar-refractivity contribution in [3.63, 3.8) is 0 Å². The summed E-state index contributed by atoms with van der Waals surface area (Å²) in [5, 5.41) is 0. The quantitative estimate of drug-likeness (QED) is 0.729. The minimum Gasteiger partial charge on any atom is -0.367 e. The van der Waals surface area contributed by atoms with E-state index in [1.54, 1.807) is 0 Å². The lowest BCUT2D eigenvalue weighted by molar-refractivity contribution is 0.0433. The van der Waals surface area contributed by atoms with Crippen molar-refractivity contribution in [2.45, 2.75) is 45.3 Å². The van der Waals surface area contributed by atoms with Crippen LogP contribution >= 0.6 is 0 Å². The molecule has 2 unspecified atom stereocenters. The van der Waals surface area contributed by atoms with E-state index in [1.807, 2.05) is 25.1 Å². The van der Waals surface area contributed by atoms with E-state index in [0.29, 0.717) is 0 Å². The van der Waals surface area contributed by atoms with Crippen molar-refractivity contribution in [1.29, 1.82) is 0 Å². The second-order valence-electron chi connectivity index (χ2n) is 4.43. The van der Waals surface area contributed by atoms with Crippen molar-refractivity contribution in [3.05, 3.63) is 35.4 Å². The van der Waals surface area contributed by atoms with E-state index < -0.39 is 0 Å². The van der Waals surface area contributed by atoms with Crippen LogP contribution in [0.25, 0.3) is 0 Å². The number of Topliss-reactive ketones (excluding diaryl/α,β-unsaturated/α-hetero) is 1. The topological polar surface area (TPSA) is 26.3 Å². The Morgan fingerprint density at radius 2 is 2.25 bits per heavy atom. The van der Waals surface area contributed by atoms with Gasteiger partial charge >= 0.3 is 0 Å². The molecule has 2 atom stereocenters. The lowest BCUT2D eigenvalue weighted by Gasteiger charge is -2.10. The molecule has 86 valence electrons. The van der Waals surface area contributed by atoms with Gasteiger partial charge in [-0.05, 0) is 37.8 Å². The molecule has 0 bridgehead atoms. The van der Waals surface area contributed by atoms with E-state index in [9.17, 15) is 4.79 Å². The van der Waals surface area contributed by atoms with Crippen LogP contribution in [0.3, 0.4) is 0 Å². The van der Waals surface area contributed by atoms with Crippen LogP contribution in [0.4, 0.5) is 0 Å². The summed E-state index contributed by atoms with van der Waals surface area (Å²) < 4.78 is 5.60. The molecule has 0 radical (unpaired) electrons. The van der Waals surface area contributed by atoms with Crippen molar-refractivity contribution in [2.24, 2.45) is 0 Å². The molecule has 1 aromatic rings. The number of hydrogen-bond acceptors (Lipinski definition) is 2. The SMILES string of the molecule is CCc1cccc(C(=O)C2CCC(C)O2)c1. The van der Waals surface area contributed by atoms with Crippen LogP contribution in [0.15, 0.2) is 24.3 Å². The third-order valence-electron chi connectivity index (χ3n) is 3.14. The Labute approximate surface area is 96.6 Å². The summed E-state index contributed by atoms with van der Waals surface area (Å²) in [6, 6.07) is 7.86. The van der Waals surface area contributed by atoms with E-state index in [4.69, 9.17) is 4.74 Å². The first-order chi connectivity index (χ1) is 7.70. The molecule has 1 heterocycles. The summed E-state index contributed by atoms with van der Waals surface area (Å²) >= 11 is 0. The Kier molecular flexibility index (Phi) is 3.39. The van der Waals surface area contributed by atoms with Crippen molar-refractivity contribution >= 4 is 5.78 Å². The molecule has 0 saturated carbocycles. The molecule has 1 aliphatic heterocycles. The van der Waals surface area contributed by atoms with Crippen LogP contribution in [0.1, 0.15) is 42.6 Å². The first-order valence-corrected chi connectivity index (χ1v) is 5.99. The van der Waals surface area contributed by atoms with E-state index in [-0.39, 0.29) is 18.0 Å². The third kappa shape index (κ3) is 2.33. The molecule has 0 aromatic heterocycles. The normalized spacial score (nSPS) is 24.6. The van der Waals surface area contributed by atoms with Crippen LogP contribution < -0.4 is 0 Å². The monoisotopic (exact) mass is 218 g/mol. The summed E-state index contributed by atoms with van der Waals surface area (Å²) in [6.45, 7) is 4.12. The number of rotatable bonds is 3. The van der Waals surface area contributed by atoms with Crippen LogP contribution in [-0.2, 0) is 11.2 Å². The minimum absolute atomic E-state index is 0.139. The molecule has 0 spiro atoms. The minimum atomic E-state index is -0.220. The number of ketones is 1. The molecule has 1 aromatic carbocycles. The molecule has 0 amide bonds. The fourth-order valence-electron chi connectivity index (χ4n) is 2.13. The molecule has 2 heteroatoms. The second kappa shape index (κ2) is 4.79. The van der Waals surface area contributed by atoms with Gasteiger partial charge in [0.25, 0.3) is 0 Å². The Morgan fingerprint density at radius 3 is 2.88 bits per heavy atom. The number of ether oxygens (including phenoxy) is 1. The van der Waals surface area contributed by atoms with Crippen LogP contribution in [0.2, 0.25) is 0 Å². The Bertz CT molecular complexity index is 384. The Balaban J connectivity index is 2.14. The molecule has 2 nitrogen and oxygen atoms in total. The van der Waals surface area contributed by atoms with Gasteiger partial charge in [0.2, 0.25) is 0 Å². The summed E-state index contributed by atoms with van der Waals surface area (Å²) in [5.41, 5.74) is 2.00. The zero-order chi connectivity index (χ0) is 11.5. The van der Waals surface area contributed by atoms with E-state index in [2.05, 4.69) is 13.0 Å². The smallest absolute Gasteiger partial charge is 0.191 e. The van der Waals surface area contributed by atoms with Gasteiger partial charge in [-0.15, -0.1) is 0 Å². The molecule has 1 fully saturated rings. The van der Waals surface area contributed by atoms with Crippen LogP contribution in [0, 0.1) is 0 Å². The van der Waals surface area contributed by atoms with Gasteiger partial charge in [-0.25, -0.2) is 0 Å². The van der Waals surface area contributed by atoms with Crippen molar-refractivity contribution in [2.75, 3.05) is 0 Å². The largest absolute Gasteiger partial charge is 0.367 e. The number of hydrogen-bond donors (Lipinski definition) is 0. The lowest BCUT2D eigenvalue weighted by Crippen LogP contribution is -2.20. The van der Waals surface area contributed by atoms with Gasteiger partial charge in [-0.1, -0.05) is 25.1 Å². The highest BCUT2D eigenvalue weighted by atomic mass is 16.5. The summed E-state index contributed by atoms with van der Waals surface area (Å²) in [7, 11) is 0. The fourth-order valence-corrected chi connectivity index (χ4v) is 2.13. The van der Waals surface area contributed by atoms with Crippen LogP contribution in [-0.4, -0.2) is 18.0 Å². The van der Waals surface area contributed by atoms with Gasteiger partial charge in [-0.3, -0.25) is 4.79 Å². The maximum absolute atomic E-state index is 12.1. The van der Waals surface area contributed by atoms with Crippen molar-refractivity contribution in [3.8, 4) is 0 Å². The van der Waals surface area contributed by atoms with Gasteiger partial charge in [-0.2, -0.15) is 0 Å². The highest BCUT2D eigenvalue weighted by Gasteiger charge is 2.28. The van der Waals surface area contributed by atoms with E-state index >= 15 is 0 Å². The Hall–Kier alpha value is -1.15. The first kappa shape index (κ1) is 11.3. The second-order valence-corrected chi connectivity index (χ2v) is 4.43. The molecule has 2 rings (SSSR count). The van der Waals surface area contributed by atoms with Crippen molar-refractivity contribution in [1.82, 2.24) is 0 Å². The molecule has 1 saturated heterocycles. The van der Waals surface area contributed by atoms with Crippen LogP contribution in [0.5, 0.6) is 0 Å². The highest BCUT2D eigenvalue weighted by Crippen LogP contribution is 2.22. The predicted molar refractivity (Wildman–Crippen MR) is 63.7 cm³/mol. The molecule has 0 N–H and O–H groups in total. The summed E-state index contributed by atoms with van der Waals surface area (Å²) in [4.78, 5) is 12.1. The highest BCUT2D eigenvalue weighted by molar-refractivity contribution is 5.99. The average molecular weight is 218 g/mol. The third-order valence-corrected chi connectivity index (χ3v) is 3.14. The summed E-state index contributed by atoms with van der Waals surface area (Å²) in [6.07, 6.45) is 2.81. The zero-order valence-corrected chi connectivity index (χ0v) is 9.90. The predicted octanol–water partition coefficient (Wildman–Crippen LogP) is 3.00. The maximum Gasteiger partial charge on any atom is 0.191 e. The molecular weight excluding hydrogens is 200 g/mol. The standard InChI is InChI=1S/C14H18O2/c1-3-11-5-4-6-12(9-11)14(15)13-8-7-10(2)16-13/h4-6,9-10,13H,3,7-8H2,1-2H3. The fraction of sp³-hybridized carbons (Fsp3) is 0.500. The van der Waals surface area contributed by atoms with E-state index in [0.717, 1.165) is 24.8 Å². The van der Waals surface area contributed by atoms with Gasteiger partial charge < -0.3 is 4.74 Å². The number of aryl methyl sites for hydroxylation is 1. The molecular formula is C14H18O2.